The highest BCUT2D eigenvalue weighted by atomic mass is 32.2. The number of amides is 6. The van der Waals surface area contributed by atoms with Crippen LogP contribution in [0.1, 0.15) is 50.4 Å². The van der Waals surface area contributed by atoms with Gasteiger partial charge in [-0.25, -0.2) is 4.79 Å². The van der Waals surface area contributed by atoms with Crippen LogP contribution in [0, 0.1) is 0 Å². The summed E-state index contributed by atoms with van der Waals surface area (Å²) >= 11 is 1.12. The average Bonchev–Trinajstić information content (AvgIpc) is 2.81. The van der Waals surface area contributed by atoms with Crippen molar-refractivity contribution in [3.8, 4) is 5.75 Å². The lowest BCUT2D eigenvalue weighted by molar-refractivity contribution is -0.296. The molecule has 5 saturated heterocycles. The molecule has 6 heterocycles. The van der Waals surface area contributed by atoms with Crippen LogP contribution in [0.5, 0.6) is 5.75 Å². The number of aromatic nitrogens is 1. The third kappa shape index (κ3) is 18.5. The highest BCUT2D eigenvalue weighted by Crippen LogP contribution is 2.32. The summed E-state index contributed by atoms with van der Waals surface area (Å²) in [4.78, 5) is 116. The first-order chi connectivity index (χ1) is 40.8. The molecule has 5 aliphatic heterocycles. The van der Waals surface area contributed by atoms with Gasteiger partial charge in [0.05, 0.1) is 62.8 Å². The fraction of sp³-hybridized carbons (Fsp3) is 0.685. The Morgan fingerprint density at radius 1 is 0.671 bits per heavy atom. The first-order valence-corrected chi connectivity index (χ1v) is 29.1. The number of aliphatic hydroxyl groups is 4. The number of imide groups is 1. The van der Waals surface area contributed by atoms with E-state index in [1.165, 1.54) is 41.3 Å². The summed E-state index contributed by atoms with van der Waals surface area (Å²) in [6, 6.07) is 3.02. The maximum Gasteiger partial charge on any atom is 0.340 e. The van der Waals surface area contributed by atoms with Crippen LogP contribution in [0.25, 0.3) is 10.9 Å². The van der Waals surface area contributed by atoms with Crippen molar-refractivity contribution in [3.63, 3.8) is 0 Å². The predicted octanol–water partition coefficient (Wildman–Crippen LogP) is -3.36. The van der Waals surface area contributed by atoms with Crippen molar-refractivity contribution in [2.24, 2.45) is 0 Å². The van der Waals surface area contributed by atoms with E-state index >= 15 is 0 Å². The largest absolute Gasteiger partial charge is 0.492 e. The van der Waals surface area contributed by atoms with Crippen LogP contribution in [0.3, 0.4) is 0 Å². The third-order valence-corrected chi connectivity index (χ3v) is 15.7. The highest BCUT2D eigenvalue weighted by molar-refractivity contribution is 8.01. The Balaban J connectivity index is 0.799. The molecule has 472 valence electrons. The van der Waals surface area contributed by atoms with Crippen LogP contribution in [-0.4, -0.2) is 284 Å². The van der Waals surface area contributed by atoms with Crippen molar-refractivity contribution < 1.29 is 116 Å². The number of carbonyl (C=O) groups is 9. The van der Waals surface area contributed by atoms with Gasteiger partial charge in [-0.1, -0.05) is 0 Å². The monoisotopic (exact) mass is 1220 g/mol. The van der Waals surface area contributed by atoms with Gasteiger partial charge in [0.25, 0.3) is 0 Å². The van der Waals surface area contributed by atoms with Gasteiger partial charge in [-0.3, -0.25) is 43.3 Å². The molecule has 1 unspecified atom stereocenters. The van der Waals surface area contributed by atoms with Gasteiger partial charge in [0.2, 0.25) is 35.4 Å². The number of likely N-dealkylation sites (tertiary alicyclic amines) is 1. The molecule has 0 spiro atoms. The molecule has 1 aromatic carbocycles. The normalized spacial score (nSPS) is 25.7. The molecular weight excluding hydrogens is 1150 g/mol. The first-order valence-electron chi connectivity index (χ1n) is 28.0. The van der Waals surface area contributed by atoms with Gasteiger partial charge in [-0.15, -0.1) is 11.8 Å². The number of carbonyl (C=O) groups excluding carboxylic acids is 9. The number of hydrogen-bond acceptors (Lipinski definition) is 25. The van der Waals surface area contributed by atoms with E-state index < -0.39 is 96.2 Å². The van der Waals surface area contributed by atoms with E-state index in [1.807, 2.05) is 0 Å². The smallest absolute Gasteiger partial charge is 0.340 e. The number of esters is 2. The summed E-state index contributed by atoms with van der Waals surface area (Å²) in [5, 5.41) is 47.6. The molecule has 5 aliphatic rings. The molecule has 7 rings (SSSR count). The Labute approximate surface area is 493 Å². The lowest BCUT2D eigenvalue weighted by atomic mass is 9.94. The number of nitrogens with one attached hydrogen (secondary N) is 2. The van der Waals surface area contributed by atoms with Crippen molar-refractivity contribution in [2.45, 2.75) is 113 Å². The molecule has 11 atom stereocenters. The fourth-order valence-corrected chi connectivity index (χ4v) is 11.0. The fourth-order valence-electron chi connectivity index (χ4n) is 10.1. The summed E-state index contributed by atoms with van der Waals surface area (Å²) in [7, 11) is 0. The zero-order valence-electron chi connectivity index (χ0n) is 47.6. The zero-order chi connectivity index (χ0) is 61.2. The number of morpholine rings is 2. The van der Waals surface area contributed by atoms with E-state index in [0.717, 1.165) is 16.7 Å². The number of ketones is 1. The van der Waals surface area contributed by atoms with Gasteiger partial charge in [-0.05, 0) is 31.5 Å². The molecule has 85 heavy (non-hydrogen) atoms. The Morgan fingerprint density at radius 2 is 1.22 bits per heavy atom. The van der Waals surface area contributed by atoms with Gasteiger partial charge >= 0.3 is 11.9 Å². The number of nitrogens with zero attached hydrogens (tertiary/aromatic N) is 4. The Kier molecular flexibility index (Phi) is 25.6. The lowest BCUT2D eigenvalue weighted by Gasteiger charge is -2.49. The van der Waals surface area contributed by atoms with Crippen LogP contribution in [0.4, 0.5) is 0 Å². The van der Waals surface area contributed by atoms with E-state index in [1.54, 1.807) is 18.2 Å². The second-order valence-electron chi connectivity index (χ2n) is 20.5. The number of fused-ring (bicyclic) bond motifs is 3. The molecule has 0 bridgehead atoms. The van der Waals surface area contributed by atoms with Crippen LogP contribution in [0.15, 0.2) is 24.4 Å². The molecule has 6 N–H and O–H groups in total. The second kappa shape index (κ2) is 32.7. The summed E-state index contributed by atoms with van der Waals surface area (Å²) in [5.41, 5.74) is 0.527. The van der Waals surface area contributed by atoms with E-state index in [4.69, 9.17) is 52.1 Å². The molecule has 0 radical (unpaired) electrons. The Bertz CT molecular complexity index is 2640. The molecule has 0 saturated carbocycles. The number of rotatable bonds is 32. The Hall–Kier alpha value is -5.94. The quantitative estimate of drug-likeness (QED) is 0.0237. The van der Waals surface area contributed by atoms with Crippen molar-refractivity contribution >= 4 is 75.8 Å². The molecule has 30 nitrogen and oxygen atoms in total. The zero-order valence-corrected chi connectivity index (χ0v) is 48.4. The average molecular weight is 1230 g/mol. The minimum Gasteiger partial charge on any atom is -0.492 e. The maximum atomic E-state index is 13.6. The molecule has 31 heteroatoms. The van der Waals surface area contributed by atoms with Crippen LogP contribution in [0.2, 0.25) is 0 Å². The molecule has 0 aliphatic carbocycles. The van der Waals surface area contributed by atoms with Gasteiger partial charge in [0.1, 0.15) is 93.2 Å². The number of ether oxygens (including phenoxy) is 11. The van der Waals surface area contributed by atoms with Crippen molar-refractivity contribution in [1.82, 2.24) is 29.9 Å². The molecule has 5 fully saturated rings. The maximum absolute atomic E-state index is 13.6. The minimum atomic E-state index is -1.41. The summed E-state index contributed by atoms with van der Waals surface area (Å²) < 4.78 is 63.0. The Morgan fingerprint density at radius 3 is 1.82 bits per heavy atom. The van der Waals surface area contributed by atoms with Gasteiger partial charge in [-0.2, -0.15) is 0 Å². The van der Waals surface area contributed by atoms with E-state index in [-0.39, 0.29) is 172 Å². The second-order valence-corrected chi connectivity index (χ2v) is 21.7. The number of hydrogen-bond donors (Lipinski definition) is 6. The van der Waals surface area contributed by atoms with Crippen molar-refractivity contribution in [2.75, 3.05) is 124 Å². The van der Waals surface area contributed by atoms with Gasteiger partial charge in [0.15, 0.2) is 12.6 Å². The number of benzene rings is 1. The van der Waals surface area contributed by atoms with Crippen LogP contribution < -0.4 is 15.4 Å². The molecule has 2 aromatic rings. The number of thioether (sulfide) groups is 1. The van der Waals surface area contributed by atoms with Crippen molar-refractivity contribution in [1.29, 1.82) is 0 Å². The topological polar surface area (TPSA) is 375 Å². The summed E-state index contributed by atoms with van der Waals surface area (Å²) in [5.74, 6) is -3.49. The van der Waals surface area contributed by atoms with E-state index in [9.17, 15) is 63.6 Å². The molecule has 6 amide bonds. The number of aliphatic hydroxyl groups excluding tert-OH is 4. The van der Waals surface area contributed by atoms with Crippen molar-refractivity contribution in [3.05, 3.63) is 30.0 Å². The minimum absolute atomic E-state index is 0.0101. The summed E-state index contributed by atoms with van der Waals surface area (Å²) in [6.07, 6.45) is -7.22. The standard InChI is InChI=1S/C54H76N6O24S/c1-31(61)30-85-40-23-43(66)60(51(40)72)10-15-78-34-6-7-37-35(22-34)36(52(73)80-21-20-75-18-19-77-29-42(65)56-25-39-48(69)50(71)46-54(84-39)82-17-9-59(46)33(3)63)26-57(37)27-44(67)79-14-5-12-74-11-4-13-76-28-41(64)55-24-38-47(68)49(70)45-53(83-38)81-16-8-58(45)32(2)62/h6-7,22,26,38-40,45-50,53-54,68-71H,4-5,8-21,23-25,27-30H2,1-3H3,(H,55,64)(H,56,65)/t38-,39-,40?,45+,46+,47+,48+,49-,50-,53-,54-/m1/s1. The highest BCUT2D eigenvalue weighted by Gasteiger charge is 2.51. The predicted molar refractivity (Wildman–Crippen MR) is 291 cm³/mol. The molecule has 1 aromatic heterocycles. The van der Waals surface area contributed by atoms with Crippen LogP contribution in [-0.2, 0) is 92.3 Å². The first kappa shape index (κ1) is 66.6. The summed E-state index contributed by atoms with van der Waals surface area (Å²) in [6.45, 7) is 4.11. The molecular formula is C54H76N6O24S. The van der Waals surface area contributed by atoms with E-state index in [2.05, 4.69) is 10.6 Å². The third-order valence-electron chi connectivity index (χ3n) is 14.3. The SMILES string of the molecule is CC(=O)CSC1CC(=O)N(CCOc2ccc3c(c2)c(C(=O)OCCOCCOCC(=O)NC[C@H]2O[C@H]4OCCN(C(C)=O)[C@H]4[C@@H](O)[C@H]2O)cn3CC(=O)OCCCOCCCOCC(=O)NC[C@H]2O[C@H]3OCCN(C(C)=O)[C@H]3[C@@H](O)[C@H]2O)C1=O. The van der Waals surface area contributed by atoms with Crippen LogP contribution >= 0.6 is 11.8 Å². The van der Waals surface area contributed by atoms with Gasteiger partial charge < -0.3 is 97.5 Å². The van der Waals surface area contributed by atoms with Gasteiger partial charge in [0, 0.05) is 89.8 Å². The number of Topliss-reactive ketones (excluding diaryl/α,β-unsaturated/α-hetero) is 1. The van der Waals surface area contributed by atoms with E-state index in [0.29, 0.717) is 23.7 Å². The lowest BCUT2D eigenvalue weighted by Crippen LogP contribution is -2.68.